The number of urea groups is 1. The van der Waals surface area contributed by atoms with Crippen LogP contribution >= 0.6 is 0 Å². The maximum atomic E-state index is 12.8. The molecule has 0 unspecified atom stereocenters. The Morgan fingerprint density at radius 2 is 1.77 bits per heavy atom. The Labute approximate surface area is 172 Å². The number of methoxy groups -OCH3 is 2. The van der Waals surface area contributed by atoms with E-state index < -0.39 is 11.1 Å². The fourth-order valence-electron chi connectivity index (χ4n) is 3.19. The van der Waals surface area contributed by atoms with Crippen molar-refractivity contribution >= 4 is 22.8 Å². The van der Waals surface area contributed by atoms with Gasteiger partial charge in [-0.25, -0.2) is 4.79 Å². The average Bonchev–Trinajstić information content (AvgIpc) is 2.73. The van der Waals surface area contributed by atoms with E-state index in [-0.39, 0.29) is 12.6 Å². The van der Waals surface area contributed by atoms with Crippen LogP contribution in [-0.4, -0.2) is 42.2 Å². The molecule has 0 radical (unpaired) electrons. The molecule has 2 aromatic carbocycles. The highest BCUT2D eigenvalue weighted by Crippen LogP contribution is 2.29. The van der Waals surface area contributed by atoms with Gasteiger partial charge >= 0.3 is 17.1 Å². The van der Waals surface area contributed by atoms with Gasteiger partial charge in [0.1, 0.15) is 11.5 Å². The zero-order valence-electron chi connectivity index (χ0n) is 17.5. The molecule has 0 spiro atoms. The Bertz CT molecular complexity index is 1230. The number of benzene rings is 2. The fraction of sp³-hybridized carbons (Fsp3) is 0.286. The number of carbonyl (C=O) groups is 1. The molecule has 0 aliphatic heterocycles. The molecule has 3 aromatic rings. The van der Waals surface area contributed by atoms with Crippen molar-refractivity contribution in [3.8, 4) is 11.5 Å². The van der Waals surface area contributed by atoms with Gasteiger partial charge in [-0.2, -0.15) is 0 Å². The highest BCUT2D eigenvalue weighted by atomic mass is 16.5. The molecule has 2 amide bonds. The molecule has 3 rings (SSSR count). The van der Waals surface area contributed by atoms with E-state index in [1.807, 2.05) is 13.8 Å². The number of amides is 2. The van der Waals surface area contributed by atoms with Gasteiger partial charge in [0.15, 0.2) is 0 Å². The summed E-state index contributed by atoms with van der Waals surface area (Å²) in [5.41, 5.74) is 2.68. The van der Waals surface area contributed by atoms with Gasteiger partial charge in [-0.1, -0.05) is 0 Å². The molecule has 0 saturated carbocycles. The molecule has 0 fully saturated rings. The number of nitrogens with zero attached hydrogens (tertiary/aromatic N) is 1. The maximum Gasteiger partial charge on any atom is 0.321 e. The first-order valence-corrected chi connectivity index (χ1v) is 9.24. The largest absolute Gasteiger partial charge is 0.497 e. The molecular formula is C21H24N4O5. The van der Waals surface area contributed by atoms with E-state index in [4.69, 9.17) is 9.47 Å². The lowest BCUT2D eigenvalue weighted by molar-refractivity contribution is 0.220. The Balaban J connectivity index is 1.91. The molecule has 0 bridgehead atoms. The van der Waals surface area contributed by atoms with Gasteiger partial charge < -0.3 is 29.7 Å². The van der Waals surface area contributed by atoms with Crippen LogP contribution in [0.25, 0.3) is 11.0 Å². The number of hydrogen-bond donors (Lipinski definition) is 3. The third-order valence-electron chi connectivity index (χ3n) is 5.06. The number of fused-ring (bicyclic) bond motifs is 1. The van der Waals surface area contributed by atoms with E-state index in [2.05, 4.69) is 15.3 Å². The average molecular weight is 412 g/mol. The number of hydrogen-bond acceptors (Lipinski definition) is 5. The maximum absolute atomic E-state index is 12.8. The minimum atomic E-state index is -0.734. The van der Waals surface area contributed by atoms with Crippen LogP contribution in [-0.2, 0) is 6.54 Å². The number of carbonyl (C=O) groups excluding carboxylic acids is 1. The SMILES string of the molecule is COc1ccc(NC(=O)N(C)Cc2c(C)c(C)cc3[nH]c(=O)c(=O)[nH]c23)c(OC)c1. The summed E-state index contributed by atoms with van der Waals surface area (Å²) in [4.78, 5) is 43.0. The van der Waals surface area contributed by atoms with Crippen LogP contribution in [0.1, 0.15) is 16.7 Å². The van der Waals surface area contributed by atoms with Gasteiger partial charge in [-0.3, -0.25) is 9.59 Å². The summed E-state index contributed by atoms with van der Waals surface area (Å²) < 4.78 is 10.5. The van der Waals surface area contributed by atoms with Crippen LogP contribution in [0, 0.1) is 13.8 Å². The summed E-state index contributed by atoms with van der Waals surface area (Å²) in [7, 11) is 4.70. The van der Waals surface area contributed by atoms with Crippen molar-refractivity contribution in [3.63, 3.8) is 0 Å². The first kappa shape index (κ1) is 21.0. The van der Waals surface area contributed by atoms with Gasteiger partial charge in [-0.15, -0.1) is 0 Å². The Morgan fingerprint density at radius 3 is 2.43 bits per heavy atom. The van der Waals surface area contributed by atoms with Gasteiger partial charge in [0.25, 0.3) is 0 Å². The quantitative estimate of drug-likeness (QED) is 0.557. The van der Waals surface area contributed by atoms with Crippen LogP contribution in [0.15, 0.2) is 33.9 Å². The predicted molar refractivity (Wildman–Crippen MR) is 115 cm³/mol. The van der Waals surface area contributed by atoms with Gasteiger partial charge in [0.05, 0.1) is 30.9 Å². The number of nitrogens with one attached hydrogen (secondary N) is 3. The van der Waals surface area contributed by atoms with E-state index in [9.17, 15) is 14.4 Å². The second-order valence-electron chi connectivity index (χ2n) is 6.98. The zero-order valence-corrected chi connectivity index (χ0v) is 17.5. The Hall–Kier alpha value is -3.75. The first-order valence-electron chi connectivity index (χ1n) is 9.24. The Kier molecular flexibility index (Phi) is 5.81. The highest BCUT2D eigenvalue weighted by molar-refractivity contribution is 5.91. The van der Waals surface area contributed by atoms with Gasteiger partial charge in [-0.05, 0) is 43.2 Å². The standard InChI is InChI=1S/C21H24N4O5/c1-11-8-16-18(24-20(27)19(26)22-16)14(12(11)2)10-25(3)21(28)23-15-7-6-13(29-4)9-17(15)30-5/h6-9H,10H2,1-5H3,(H,22,26)(H,23,28)(H,24,27). The molecule has 0 saturated heterocycles. The van der Waals surface area contributed by atoms with E-state index >= 15 is 0 Å². The number of aromatic nitrogens is 2. The van der Waals surface area contributed by atoms with E-state index in [0.717, 1.165) is 16.7 Å². The number of anilines is 1. The van der Waals surface area contributed by atoms with Crippen molar-refractivity contribution in [2.45, 2.75) is 20.4 Å². The second kappa shape index (κ2) is 8.32. The first-order chi connectivity index (χ1) is 14.2. The fourth-order valence-corrected chi connectivity index (χ4v) is 3.19. The lowest BCUT2D eigenvalue weighted by Gasteiger charge is -2.22. The molecule has 9 nitrogen and oxygen atoms in total. The number of rotatable bonds is 5. The molecular weight excluding hydrogens is 388 g/mol. The van der Waals surface area contributed by atoms with Crippen molar-refractivity contribution in [3.05, 3.63) is 61.7 Å². The monoisotopic (exact) mass is 412 g/mol. The van der Waals surface area contributed by atoms with E-state index in [0.29, 0.717) is 28.2 Å². The molecule has 1 heterocycles. The molecule has 0 aliphatic carbocycles. The summed E-state index contributed by atoms with van der Waals surface area (Å²) in [5, 5.41) is 2.81. The summed E-state index contributed by atoms with van der Waals surface area (Å²) in [6, 6.07) is 6.53. The molecule has 0 aliphatic rings. The smallest absolute Gasteiger partial charge is 0.321 e. The van der Waals surface area contributed by atoms with Crippen molar-refractivity contribution in [1.82, 2.24) is 14.9 Å². The van der Waals surface area contributed by atoms with Crippen LogP contribution < -0.4 is 25.9 Å². The lowest BCUT2D eigenvalue weighted by atomic mass is 10.0. The number of ether oxygens (including phenoxy) is 2. The highest BCUT2D eigenvalue weighted by Gasteiger charge is 2.17. The molecule has 158 valence electrons. The van der Waals surface area contributed by atoms with Crippen molar-refractivity contribution in [1.29, 1.82) is 0 Å². The number of aryl methyl sites for hydroxylation is 1. The minimum Gasteiger partial charge on any atom is -0.497 e. The number of aromatic amines is 2. The summed E-state index contributed by atoms with van der Waals surface area (Å²) >= 11 is 0. The summed E-state index contributed by atoms with van der Waals surface area (Å²) in [6.07, 6.45) is 0. The molecule has 9 heteroatoms. The zero-order chi connectivity index (χ0) is 22.0. The van der Waals surface area contributed by atoms with Crippen molar-refractivity contribution in [2.24, 2.45) is 0 Å². The molecule has 30 heavy (non-hydrogen) atoms. The Morgan fingerprint density at radius 1 is 1.07 bits per heavy atom. The second-order valence-corrected chi connectivity index (χ2v) is 6.98. The molecule has 0 atom stereocenters. The third-order valence-corrected chi connectivity index (χ3v) is 5.06. The predicted octanol–water partition coefficient (Wildman–Crippen LogP) is 2.51. The normalized spacial score (nSPS) is 10.7. The third kappa shape index (κ3) is 4.00. The van der Waals surface area contributed by atoms with E-state index in [1.165, 1.54) is 12.0 Å². The molecule has 3 N–H and O–H groups in total. The lowest BCUT2D eigenvalue weighted by Crippen LogP contribution is -2.32. The molecule has 1 aromatic heterocycles. The van der Waals surface area contributed by atoms with Crippen molar-refractivity contribution < 1.29 is 14.3 Å². The van der Waals surface area contributed by atoms with E-state index in [1.54, 1.807) is 38.4 Å². The topological polar surface area (TPSA) is 117 Å². The summed E-state index contributed by atoms with van der Waals surface area (Å²) in [6.45, 7) is 4.03. The minimum absolute atomic E-state index is 0.219. The van der Waals surface area contributed by atoms with Crippen LogP contribution in [0.2, 0.25) is 0 Å². The van der Waals surface area contributed by atoms with Crippen LogP contribution in [0.3, 0.4) is 0 Å². The van der Waals surface area contributed by atoms with Crippen molar-refractivity contribution in [2.75, 3.05) is 26.6 Å². The van der Waals surface area contributed by atoms with Gasteiger partial charge in [0.2, 0.25) is 0 Å². The number of H-pyrrole nitrogens is 2. The van der Waals surface area contributed by atoms with Crippen LogP contribution in [0.5, 0.6) is 11.5 Å². The summed E-state index contributed by atoms with van der Waals surface area (Å²) in [5.74, 6) is 1.08. The van der Waals surface area contributed by atoms with Crippen LogP contribution in [0.4, 0.5) is 10.5 Å². The van der Waals surface area contributed by atoms with Gasteiger partial charge in [0, 0.05) is 25.2 Å².